The largest absolute Gasteiger partial charge is 0.388 e. The summed E-state index contributed by atoms with van der Waals surface area (Å²) in [5.74, 6) is 0. The zero-order valence-electron chi connectivity index (χ0n) is 18.6. The highest BCUT2D eigenvalue weighted by molar-refractivity contribution is 5.24. The standard InChI is InChI=1S/C28H31NO4/c29-25-16-24(20-31-17-21-10-4-1-5-11-21)27(32-18-22-12-6-2-7-13-22)28(26(25)30)33-19-23-14-8-3-9-15-23/h1-16,25-28,30H,17-20,29H2/t25-,26+,27+,28+/m0/s1. The molecule has 0 aliphatic heterocycles. The molecule has 0 spiro atoms. The Hall–Kier alpha value is -2.80. The number of hydrogen-bond donors (Lipinski definition) is 2. The van der Waals surface area contributed by atoms with Gasteiger partial charge in [-0.05, 0) is 22.3 Å². The number of rotatable bonds is 10. The molecule has 3 aromatic carbocycles. The van der Waals surface area contributed by atoms with Gasteiger partial charge in [0.25, 0.3) is 0 Å². The van der Waals surface area contributed by atoms with Crippen molar-refractivity contribution in [3.05, 3.63) is 119 Å². The van der Waals surface area contributed by atoms with E-state index in [1.165, 1.54) is 0 Å². The van der Waals surface area contributed by atoms with Crippen LogP contribution in [-0.2, 0) is 34.0 Å². The summed E-state index contributed by atoms with van der Waals surface area (Å²) >= 11 is 0. The summed E-state index contributed by atoms with van der Waals surface area (Å²) in [5, 5.41) is 10.9. The molecule has 4 rings (SSSR count). The number of aliphatic hydroxyl groups is 1. The van der Waals surface area contributed by atoms with E-state index in [0.29, 0.717) is 26.4 Å². The van der Waals surface area contributed by atoms with Gasteiger partial charge in [0.15, 0.2) is 0 Å². The van der Waals surface area contributed by atoms with Crippen LogP contribution in [0.15, 0.2) is 103 Å². The highest BCUT2D eigenvalue weighted by Crippen LogP contribution is 2.27. The maximum absolute atomic E-state index is 10.9. The van der Waals surface area contributed by atoms with Gasteiger partial charge in [-0.15, -0.1) is 0 Å². The average molecular weight is 446 g/mol. The molecule has 0 amide bonds. The molecule has 0 radical (unpaired) electrons. The van der Waals surface area contributed by atoms with E-state index in [2.05, 4.69) is 0 Å². The van der Waals surface area contributed by atoms with E-state index in [9.17, 15) is 5.11 Å². The fourth-order valence-corrected chi connectivity index (χ4v) is 3.96. The van der Waals surface area contributed by atoms with Crippen molar-refractivity contribution < 1.29 is 19.3 Å². The van der Waals surface area contributed by atoms with Crippen LogP contribution in [-0.4, -0.2) is 36.1 Å². The maximum Gasteiger partial charge on any atom is 0.116 e. The Morgan fingerprint density at radius 2 is 1.12 bits per heavy atom. The van der Waals surface area contributed by atoms with E-state index in [-0.39, 0.29) is 0 Å². The van der Waals surface area contributed by atoms with E-state index >= 15 is 0 Å². The first-order chi connectivity index (χ1) is 16.2. The summed E-state index contributed by atoms with van der Waals surface area (Å²) in [5.41, 5.74) is 10.3. The van der Waals surface area contributed by atoms with Crippen molar-refractivity contribution in [1.29, 1.82) is 0 Å². The van der Waals surface area contributed by atoms with Crippen LogP contribution in [0.25, 0.3) is 0 Å². The smallest absolute Gasteiger partial charge is 0.116 e. The van der Waals surface area contributed by atoms with Crippen molar-refractivity contribution in [2.45, 2.75) is 44.2 Å². The van der Waals surface area contributed by atoms with E-state index in [1.807, 2.05) is 97.1 Å². The Labute approximate surface area is 195 Å². The summed E-state index contributed by atoms with van der Waals surface area (Å²) < 4.78 is 18.5. The summed E-state index contributed by atoms with van der Waals surface area (Å²) in [4.78, 5) is 0. The van der Waals surface area contributed by atoms with Gasteiger partial charge in [-0.25, -0.2) is 0 Å². The number of benzene rings is 3. The minimum absolute atomic E-state index is 0.347. The van der Waals surface area contributed by atoms with Crippen molar-refractivity contribution in [2.75, 3.05) is 6.61 Å². The van der Waals surface area contributed by atoms with E-state index < -0.39 is 24.4 Å². The van der Waals surface area contributed by atoms with Crippen LogP contribution in [0.1, 0.15) is 16.7 Å². The molecule has 5 heteroatoms. The van der Waals surface area contributed by atoms with Crippen molar-refractivity contribution in [1.82, 2.24) is 0 Å². The van der Waals surface area contributed by atoms with Crippen LogP contribution >= 0.6 is 0 Å². The zero-order valence-corrected chi connectivity index (χ0v) is 18.6. The Bertz CT molecular complexity index is 994. The summed E-state index contributed by atoms with van der Waals surface area (Å²) in [6.07, 6.45) is -0.107. The van der Waals surface area contributed by atoms with Crippen LogP contribution in [0, 0.1) is 0 Å². The Morgan fingerprint density at radius 3 is 1.67 bits per heavy atom. The molecule has 0 heterocycles. The molecule has 1 aliphatic rings. The normalized spacial score (nSPS) is 22.7. The van der Waals surface area contributed by atoms with Gasteiger partial charge in [-0.3, -0.25) is 0 Å². The number of nitrogens with two attached hydrogens (primary N) is 1. The number of aliphatic hydroxyl groups excluding tert-OH is 1. The molecule has 1 aliphatic carbocycles. The highest BCUT2D eigenvalue weighted by Gasteiger charge is 2.39. The SMILES string of the molecule is N[C@H]1C=C(COCc2ccccc2)[C@@H](OCc2ccccc2)[C@H](OCc2ccccc2)[C@@H]1O. The molecule has 0 fully saturated rings. The number of ether oxygens (including phenoxy) is 3. The molecule has 5 nitrogen and oxygen atoms in total. The van der Waals surface area contributed by atoms with Gasteiger partial charge in [0.05, 0.1) is 32.5 Å². The molecular formula is C28H31NO4. The van der Waals surface area contributed by atoms with Crippen LogP contribution in [0.4, 0.5) is 0 Å². The molecule has 3 N–H and O–H groups in total. The number of hydrogen-bond acceptors (Lipinski definition) is 5. The van der Waals surface area contributed by atoms with Crippen LogP contribution in [0.5, 0.6) is 0 Å². The first-order valence-electron chi connectivity index (χ1n) is 11.3. The molecule has 0 aromatic heterocycles. The third kappa shape index (κ3) is 6.60. The fraction of sp³-hybridized carbons (Fsp3) is 0.286. The fourth-order valence-electron chi connectivity index (χ4n) is 3.96. The van der Waals surface area contributed by atoms with Gasteiger partial charge >= 0.3 is 0 Å². The Kier molecular flexibility index (Phi) is 8.41. The first-order valence-corrected chi connectivity index (χ1v) is 11.3. The molecule has 4 atom stereocenters. The zero-order chi connectivity index (χ0) is 22.9. The lowest BCUT2D eigenvalue weighted by Crippen LogP contribution is -2.54. The molecule has 0 bridgehead atoms. The Balaban J connectivity index is 1.48. The van der Waals surface area contributed by atoms with Crippen LogP contribution in [0.2, 0.25) is 0 Å². The lowest BCUT2D eigenvalue weighted by atomic mass is 9.88. The minimum atomic E-state index is -0.882. The summed E-state index contributed by atoms with van der Waals surface area (Å²) in [6.45, 7) is 1.59. The predicted octanol–water partition coefficient (Wildman–Crippen LogP) is 4.00. The maximum atomic E-state index is 10.9. The second-order valence-electron chi connectivity index (χ2n) is 8.27. The van der Waals surface area contributed by atoms with E-state index in [0.717, 1.165) is 22.3 Å². The van der Waals surface area contributed by atoms with Gasteiger partial charge in [0.1, 0.15) is 18.3 Å². The van der Waals surface area contributed by atoms with E-state index in [1.54, 1.807) is 0 Å². The monoisotopic (exact) mass is 445 g/mol. The van der Waals surface area contributed by atoms with Gasteiger partial charge < -0.3 is 25.1 Å². The van der Waals surface area contributed by atoms with Crippen molar-refractivity contribution in [3.63, 3.8) is 0 Å². The molecule has 172 valence electrons. The van der Waals surface area contributed by atoms with Gasteiger partial charge in [0.2, 0.25) is 0 Å². The van der Waals surface area contributed by atoms with Gasteiger partial charge in [-0.1, -0.05) is 97.1 Å². The van der Waals surface area contributed by atoms with Crippen molar-refractivity contribution in [2.24, 2.45) is 5.73 Å². The lowest BCUT2D eigenvalue weighted by molar-refractivity contribution is -0.130. The van der Waals surface area contributed by atoms with Crippen LogP contribution < -0.4 is 5.73 Å². The molecular weight excluding hydrogens is 414 g/mol. The highest BCUT2D eigenvalue weighted by atomic mass is 16.6. The van der Waals surface area contributed by atoms with Crippen LogP contribution in [0.3, 0.4) is 0 Å². The molecule has 0 saturated heterocycles. The topological polar surface area (TPSA) is 73.9 Å². The first kappa shape index (κ1) is 23.4. The quantitative estimate of drug-likeness (QED) is 0.462. The Morgan fingerprint density at radius 1 is 0.636 bits per heavy atom. The third-order valence-corrected chi connectivity index (χ3v) is 5.74. The predicted molar refractivity (Wildman–Crippen MR) is 128 cm³/mol. The lowest BCUT2D eigenvalue weighted by Gasteiger charge is -2.38. The average Bonchev–Trinajstić information content (AvgIpc) is 2.86. The van der Waals surface area contributed by atoms with E-state index in [4.69, 9.17) is 19.9 Å². The van der Waals surface area contributed by atoms with Gasteiger partial charge in [-0.2, -0.15) is 0 Å². The molecule has 33 heavy (non-hydrogen) atoms. The second kappa shape index (κ2) is 11.9. The second-order valence-corrected chi connectivity index (χ2v) is 8.27. The summed E-state index contributed by atoms with van der Waals surface area (Å²) in [7, 11) is 0. The minimum Gasteiger partial charge on any atom is -0.388 e. The molecule has 3 aromatic rings. The molecule has 0 saturated carbocycles. The van der Waals surface area contributed by atoms with Crippen molar-refractivity contribution >= 4 is 0 Å². The van der Waals surface area contributed by atoms with Gasteiger partial charge in [0, 0.05) is 0 Å². The molecule has 0 unspecified atom stereocenters. The third-order valence-electron chi connectivity index (χ3n) is 5.74. The summed E-state index contributed by atoms with van der Waals surface area (Å²) in [6, 6.07) is 29.3. The van der Waals surface area contributed by atoms with Crippen molar-refractivity contribution in [3.8, 4) is 0 Å².